The number of likely N-dealkylation sites (N-methyl/N-ethyl adjacent to an activating group) is 1. The van der Waals surface area contributed by atoms with E-state index in [1.54, 1.807) is 0 Å². The highest BCUT2D eigenvalue weighted by molar-refractivity contribution is 7.99. The highest BCUT2D eigenvalue weighted by Crippen LogP contribution is 2.42. The Bertz CT molecular complexity index is 328. The molecule has 2 saturated heterocycles. The summed E-state index contributed by atoms with van der Waals surface area (Å²) in [6.07, 6.45) is 5.78. The maximum atomic E-state index is 6.24. The lowest BCUT2D eigenvalue weighted by atomic mass is 9.72. The molecule has 124 valence electrons. The molecule has 4 nitrogen and oxygen atoms in total. The zero-order valence-electron chi connectivity index (χ0n) is 14.2. The first-order valence-electron chi connectivity index (χ1n) is 8.33. The topological polar surface area (TPSA) is 50.5 Å². The van der Waals surface area contributed by atoms with Crippen molar-refractivity contribution in [1.82, 2.24) is 10.3 Å². The normalized spacial score (nSPS) is 30.3. The lowest BCUT2D eigenvalue weighted by Crippen LogP contribution is -2.63. The Kier molecular flexibility index (Phi) is 5.99. The van der Waals surface area contributed by atoms with E-state index in [2.05, 4.69) is 50.0 Å². The summed E-state index contributed by atoms with van der Waals surface area (Å²) in [7, 11) is 4.33. The van der Waals surface area contributed by atoms with Crippen LogP contribution in [0.1, 0.15) is 46.0 Å². The van der Waals surface area contributed by atoms with Gasteiger partial charge in [0.25, 0.3) is 0 Å². The SMILES string of the molecule is CCC(C)(C(NN)C1CCOC2(CCSCC2)C1)N(C)C. The third kappa shape index (κ3) is 3.58. The molecule has 2 rings (SSSR count). The van der Waals surface area contributed by atoms with Gasteiger partial charge in [0.1, 0.15) is 0 Å². The van der Waals surface area contributed by atoms with Crippen LogP contribution >= 0.6 is 11.8 Å². The molecule has 3 atom stereocenters. The first-order valence-corrected chi connectivity index (χ1v) is 9.48. The summed E-state index contributed by atoms with van der Waals surface area (Å²) in [6.45, 7) is 5.48. The smallest absolute Gasteiger partial charge is 0.0701 e. The molecular weight excluding hydrogens is 282 g/mol. The zero-order chi connectivity index (χ0) is 15.5. The van der Waals surface area contributed by atoms with E-state index in [-0.39, 0.29) is 11.1 Å². The molecule has 0 aromatic rings. The van der Waals surface area contributed by atoms with Gasteiger partial charge in [-0.1, -0.05) is 6.92 Å². The number of nitrogens with one attached hydrogen (secondary N) is 1. The van der Waals surface area contributed by atoms with E-state index in [1.807, 2.05) is 0 Å². The van der Waals surface area contributed by atoms with Crippen LogP contribution in [0.5, 0.6) is 0 Å². The van der Waals surface area contributed by atoms with Crippen LogP contribution < -0.4 is 11.3 Å². The molecule has 0 radical (unpaired) electrons. The Morgan fingerprint density at radius 2 is 2.10 bits per heavy atom. The van der Waals surface area contributed by atoms with Gasteiger partial charge in [-0.3, -0.25) is 11.3 Å². The second-order valence-corrected chi connectivity index (χ2v) is 8.37. The van der Waals surface area contributed by atoms with Crippen molar-refractivity contribution in [2.75, 3.05) is 32.2 Å². The van der Waals surface area contributed by atoms with Crippen molar-refractivity contribution in [3.63, 3.8) is 0 Å². The maximum Gasteiger partial charge on any atom is 0.0701 e. The van der Waals surface area contributed by atoms with Crippen molar-refractivity contribution in [3.05, 3.63) is 0 Å². The van der Waals surface area contributed by atoms with Gasteiger partial charge < -0.3 is 9.64 Å². The molecule has 0 aromatic carbocycles. The number of nitrogens with two attached hydrogens (primary N) is 1. The van der Waals surface area contributed by atoms with E-state index >= 15 is 0 Å². The van der Waals surface area contributed by atoms with Crippen LogP contribution in [0, 0.1) is 5.92 Å². The first-order chi connectivity index (χ1) is 9.97. The van der Waals surface area contributed by atoms with Gasteiger partial charge in [-0.2, -0.15) is 11.8 Å². The fourth-order valence-electron chi connectivity index (χ4n) is 4.08. The molecule has 0 aliphatic carbocycles. The van der Waals surface area contributed by atoms with Crippen LogP contribution in [0.3, 0.4) is 0 Å². The van der Waals surface area contributed by atoms with Gasteiger partial charge >= 0.3 is 0 Å². The number of thioether (sulfide) groups is 1. The van der Waals surface area contributed by atoms with Crippen LogP contribution in [0.15, 0.2) is 0 Å². The van der Waals surface area contributed by atoms with E-state index in [0.29, 0.717) is 12.0 Å². The second kappa shape index (κ2) is 7.18. The number of hydrogen-bond donors (Lipinski definition) is 2. The molecule has 3 N–H and O–H groups in total. The standard InChI is InChI=1S/C16H33N3OS/c1-5-15(2,19(3)4)14(18-17)13-6-9-20-16(12-13)7-10-21-11-8-16/h13-14,18H,5-12,17H2,1-4H3. The highest BCUT2D eigenvalue weighted by atomic mass is 32.2. The number of rotatable bonds is 5. The molecule has 1 spiro atoms. The Hall–Kier alpha value is 0.190. The predicted octanol–water partition coefficient (Wildman–Crippen LogP) is 2.24. The van der Waals surface area contributed by atoms with Crippen molar-refractivity contribution in [1.29, 1.82) is 0 Å². The van der Waals surface area contributed by atoms with E-state index in [0.717, 1.165) is 25.9 Å². The predicted molar refractivity (Wildman–Crippen MR) is 91.5 cm³/mol. The fraction of sp³-hybridized carbons (Fsp3) is 1.00. The van der Waals surface area contributed by atoms with Crippen molar-refractivity contribution < 1.29 is 4.74 Å². The molecule has 0 amide bonds. The minimum atomic E-state index is 0.0847. The number of hydrogen-bond acceptors (Lipinski definition) is 5. The summed E-state index contributed by atoms with van der Waals surface area (Å²) in [5.74, 6) is 9.08. The first kappa shape index (κ1) is 17.5. The Balaban J connectivity index is 2.14. The summed E-state index contributed by atoms with van der Waals surface area (Å²) in [5, 5.41) is 0. The zero-order valence-corrected chi connectivity index (χ0v) is 15.0. The van der Waals surface area contributed by atoms with Gasteiger partial charge in [-0.25, -0.2) is 0 Å². The minimum Gasteiger partial charge on any atom is -0.375 e. The number of ether oxygens (including phenoxy) is 1. The van der Waals surface area contributed by atoms with Crippen molar-refractivity contribution in [3.8, 4) is 0 Å². The molecule has 3 unspecified atom stereocenters. The molecule has 0 aromatic heterocycles. The molecule has 5 heteroatoms. The summed E-state index contributed by atoms with van der Waals surface area (Å²) < 4.78 is 6.24. The van der Waals surface area contributed by atoms with Crippen LogP contribution in [0.4, 0.5) is 0 Å². The molecule has 2 aliphatic rings. The lowest BCUT2D eigenvalue weighted by molar-refractivity contribution is -0.115. The molecule has 21 heavy (non-hydrogen) atoms. The monoisotopic (exact) mass is 315 g/mol. The molecule has 0 saturated carbocycles. The average Bonchev–Trinajstić information content (AvgIpc) is 2.48. The Morgan fingerprint density at radius 3 is 2.62 bits per heavy atom. The van der Waals surface area contributed by atoms with Crippen LogP contribution in [0.2, 0.25) is 0 Å². The van der Waals surface area contributed by atoms with Gasteiger partial charge in [0.15, 0.2) is 0 Å². The van der Waals surface area contributed by atoms with E-state index in [9.17, 15) is 0 Å². The van der Waals surface area contributed by atoms with Gasteiger partial charge in [-0.05, 0) is 70.5 Å². The van der Waals surface area contributed by atoms with Crippen LogP contribution in [-0.4, -0.2) is 54.3 Å². The molecule has 2 fully saturated rings. The van der Waals surface area contributed by atoms with Gasteiger partial charge in [0.05, 0.1) is 5.60 Å². The average molecular weight is 316 g/mol. The van der Waals surface area contributed by atoms with Gasteiger partial charge in [-0.15, -0.1) is 0 Å². The Labute approximate surface area is 134 Å². The maximum absolute atomic E-state index is 6.24. The largest absolute Gasteiger partial charge is 0.375 e. The third-order valence-electron chi connectivity index (χ3n) is 5.99. The third-order valence-corrected chi connectivity index (χ3v) is 6.98. The lowest BCUT2D eigenvalue weighted by Gasteiger charge is -2.51. The second-order valence-electron chi connectivity index (χ2n) is 7.15. The van der Waals surface area contributed by atoms with Gasteiger partial charge in [0.2, 0.25) is 0 Å². The molecular formula is C16H33N3OS. The van der Waals surface area contributed by atoms with Crippen LogP contribution in [0.25, 0.3) is 0 Å². The van der Waals surface area contributed by atoms with Crippen molar-refractivity contribution in [2.45, 2.75) is 63.1 Å². The summed E-state index contributed by atoms with van der Waals surface area (Å²) in [5.41, 5.74) is 3.38. The van der Waals surface area contributed by atoms with Crippen molar-refractivity contribution in [2.24, 2.45) is 11.8 Å². The Morgan fingerprint density at radius 1 is 1.43 bits per heavy atom. The van der Waals surface area contributed by atoms with Crippen LogP contribution in [-0.2, 0) is 4.74 Å². The van der Waals surface area contributed by atoms with Crippen molar-refractivity contribution >= 4 is 11.8 Å². The fourth-order valence-corrected chi connectivity index (χ4v) is 5.32. The highest BCUT2D eigenvalue weighted by Gasteiger charge is 2.46. The summed E-state index contributed by atoms with van der Waals surface area (Å²) in [4.78, 5) is 2.33. The molecule has 0 bridgehead atoms. The minimum absolute atomic E-state index is 0.0847. The quantitative estimate of drug-likeness (QED) is 0.602. The van der Waals surface area contributed by atoms with E-state index < -0.39 is 0 Å². The van der Waals surface area contributed by atoms with Gasteiger partial charge in [0, 0.05) is 18.2 Å². The summed E-state index contributed by atoms with van der Waals surface area (Å²) in [6, 6.07) is 0.313. The van der Waals surface area contributed by atoms with E-state index in [4.69, 9.17) is 10.6 Å². The van der Waals surface area contributed by atoms with E-state index in [1.165, 1.54) is 24.3 Å². The molecule has 2 heterocycles. The summed E-state index contributed by atoms with van der Waals surface area (Å²) >= 11 is 2.06. The molecule has 2 aliphatic heterocycles. The number of hydrazine groups is 1. The number of nitrogens with zero attached hydrogens (tertiary/aromatic N) is 1.